The van der Waals surface area contributed by atoms with Gasteiger partial charge in [-0.15, -0.1) is 22.7 Å². The number of carbonyl (C=O) groups excluding carboxylic acids is 1. The maximum absolute atomic E-state index is 13.5. The summed E-state index contributed by atoms with van der Waals surface area (Å²) in [5.41, 5.74) is 0. The Bertz CT molecular complexity index is 1230. The van der Waals surface area contributed by atoms with Gasteiger partial charge in [0, 0.05) is 28.8 Å². The van der Waals surface area contributed by atoms with Crippen molar-refractivity contribution in [1.82, 2.24) is 19.8 Å². The number of carbonyl (C=O) groups is 1. The SMILES string of the molecule is Cc1sc(-c2noc(C3CCC3)n2)cc1S(=O)(=O)N1CCC[C@@H](C(=O)NCc2cccs2)C1. The fraction of sp³-hybridized carbons (Fsp3) is 0.500. The summed E-state index contributed by atoms with van der Waals surface area (Å²) < 4.78 is 33.8. The molecule has 0 aromatic carbocycles. The zero-order valence-electron chi connectivity index (χ0n) is 18.3. The van der Waals surface area contributed by atoms with E-state index in [0.717, 1.165) is 17.7 Å². The van der Waals surface area contributed by atoms with Crippen LogP contribution in [0.2, 0.25) is 0 Å². The van der Waals surface area contributed by atoms with Crippen molar-refractivity contribution in [1.29, 1.82) is 0 Å². The molecular formula is C22H26N4O4S3. The zero-order chi connectivity index (χ0) is 23.0. The van der Waals surface area contributed by atoms with Gasteiger partial charge in [0.15, 0.2) is 0 Å². The van der Waals surface area contributed by atoms with Crippen molar-refractivity contribution in [3.8, 4) is 10.7 Å². The molecule has 1 amide bonds. The van der Waals surface area contributed by atoms with Crippen LogP contribution in [0.5, 0.6) is 0 Å². The van der Waals surface area contributed by atoms with Crippen molar-refractivity contribution >= 4 is 38.6 Å². The first kappa shape index (κ1) is 22.7. The van der Waals surface area contributed by atoms with E-state index in [0.29, 0.717) is 53.3 Å². The minimum Gasteiger partial charge on any atom is -0.351 e. The number of hydrogen-bond donors (Lipinski definition) is 1. The molecule has 33 heavy (non-hydrogen) atoms. The van der Waals surface area contributed by atoms with E-state index in [2.05, 4.69) is 15.5 Å². The third-order valence-corrected chi connectivity index (χ3v) is 10.4. The molecule has 0 bridgehead atoms. The van der Waals surface area contributed by atoms with E-state index in [9.17, 15) is 13.2 Å². The van der Waals surface area contributed by atoms with E-state index < -0.39 is 10.0 Å². The van der Waals surface area contributed by atoms with E-state index in [4.69, 9.17) is 4.52 Å². The molecule has 1 saturated heterocycles. The Balaban J connectivity index is 1.29. The molecule has 3 aromatic rings. The molecule has 11 heteroatoms. The Morgan fingerprint density at radius 3 is 2.88 bits per heavy atom. The lowest BCUT2D eigenvalue weighted by molar-refractivity contribution is -0.126. The van der Waals surface area contributed by atoms with Crippen molar-refractivity contribution in [3.05, 3.63) is 39.2 Å². The summed E-state index contributed by atoms with van der Waals surface area (Å²) in [4.78, 5) is 19.9. The first-order valence-electron chi connectivity index (χ1n) is 11.2. The van der Waals surface area contributed by atoms with Gasteiger partial charge in [-0.1, -0.05) is 17.6 Å². The lowest BCUT2D eigenvalue weighted by atomic mass is 9.85. The molecule has 2 aliphatic rings. The molecule has 1 aliphatic heterocycles. The standard InChI is InChI=1S/C22H26N4O4S3/c1-14-19(11-18(32-14)20-24-22(30-25-20)15-5-2-6-15)33(28,29)26-9-3-7-16(13-26)21(27)23-12-17-8-4-10-31-17/h4,8,10-11,15-16H,2-3,5-7,9,12-13H2,1H3,(H,23,27)/t16-/m1/s1. The van der Waals surface area contributed by atoms with E-state index in [1.54, 1.807) is 24.3 Å². The van der Waals surface area contributed by atoms with Crippen molar-refractivity contribution in [3.63, 3.8) is 0 Å². The van der Waals surface area contributed by atoms with Crippen molar-refractivity contribution < 1.29 is 17.7 Å². The summed E-state index contributed by atoms with van der Waals surface area (Å²) in [6.07, 6.45) is 4.63. The normalized spacial score (nSPS) is 20.0. The van der Waals surface area contributed by atoms with Crippen LogP contribution in [0.3, 0.4) is 0 Å². The number of hydrogen-bond acceptors (Lipinski definition) is 8. The van der Waals surface area contributed by atoms with Crippen LogP contribution in [0.25, 0.3) is 10.7 Å². The molecule has 1 saturated carbocycles. The Morgan fingerprint density at radius 1 is 1.30 bits per heavy atom. The van der Waals surface area contributed by atoms with Crippen molar-refractivity contribution in [2.45, 2.75) is 56.4 Å². The largest absolute Gasteiger partial charge is 0.351 e. The summed E-state index contributed by atoms with van der Waals surface area (Å²) in [6, 6.07) is 5.56. The van der Waals surface area contributed by atoms with E-state index in [-0.39, 0.29) is 23.3 Å². The molecular weight excluding hydrogens is 480 g/mol. The van der Waals surface area contributed by atoms with Crippen LogP contribution >= 0.6 is 22.7 Å². The number of aromatic nitrogens is 2. The second kappa shape index (κ2) is 9.28. The highest BCUT2D eigenvalue weighted by Gasteiger charge is 2.35. The third-order valence-electron chi connectivity index (χ3n) is 6.38. The highest BCUT2D eigenvalue weighted by Crippen LogP contribution is 2.38. The predicted octanol–water partition coefficient (Wildman–Crippen LogP) is 4.15. The second-order valence-electron chi connectivity index (χ2n) is 8.61. The Hall–Kier alpha value is -2.08. The molecule has 3 aromatic heterocycles. The van der Waals surface area contributed by atoms with Gasteiger partial charge in [0.2, 0.25) is 27.6 Å². The number of thiophene rings is 2. The van der Waals surface area contributed by atoms with E-state index in [1.807, 2.05) is 17.5 Å². The Morgan fingerprint density at radius 2 is 2.15 bits per heavy atom. The highest BCUT2D eigenvalue weighted by atomic mass is 32.2. The third kappa shape index (κ3) is 4.64. The lowest BCUT2D eigenvalue weighted by Crippen LogP contribution is -2.45. The maximum Gasteiger partial charge on any atom is 0.244 e. The quantitative estimate of drug-likeness (QED) is 0.516. The molecule has 1 aliphatic carbocycles. The number of rotatable bonds is 7. The van der Waals surface area contributed by atoms with Crippen LogP contribution in [-0.2, 0) is 21.4 Å². The summed E-state index contributed by atoms with van der Waals surface area (Å²) in [6.45, 7) is 2.87. The number of nitrogens with one attached hydrogen (secondary N) is 1. The predicted molar refractivity (Wildman–Crippen MR) is 127 cm³/mol. The number of amides is 1. The van der Waals surface area contributed by atoms with E-state index >= 15 is 0 Å². The monoisotopic (exact) mass is 506 g/mol. The molecule has 1 N–H and O–H groups in total. The number of aryl methyl sites for hydroxylation is 1. The molecule has 0 spiro atoms. The van der Waals surface area contributed by atoms with Gasteiger partial charge in [0.05, 0.1) is 22.2 Å². The molecule has 4 heterocycles. The first-order chi connectivity index (χ1) is 15.9. The molecule has 1 atom stereocenters. The van der Waals surface area contributed by atoms with Gasteiger partial charge >= 0.3 is 0 Å². The van der Waals surface area contributed by atoms with Gasteiger partial charge in [0.25, 0.3) is 0 Å². The van der Waals surface area contributed by atoms with Crippen LogP contribution in [0.15, 0.2) is 33.0 Å². The van der Waals surface area contributed by atoms with Crippen LogP contribution in [0.1, 0.15) is 53.7 Å². The number of piperidine rings is 1. The van der Waals surface area contributed by atoms with E-state index in [1.165, 1.54) is 22.1 Å². The average Bonchev–Trinajstić information content (AvgIpc) is 3.52. The van der Waals surface area contributed by atoms with Crippen molar-refractivity contribution in [2.75, 3.05) is 13.1 Å². The summed E-state index contributed by atoms with van der Waals surface area (Å²) in [5.74, 6) is 0.956. The maximum atomic E-state index is 13.5. The summed E-state index contributed by atoms with van der Waals surface area (Å²) in [5, 5.41) is 9.00. The molecule has 5 rings (SSSR count). The van der Waals surface area contributed by atoms with Gasteiger partial charge in [-0.2, -0.15) is 9.29 Å². The minimum atomic E-state index is -3.73. The molecule has 0 radical (unpaired) electrons. The summed E-state index contributed by atoms with van der Waals surface area (Å²) >= 11 is 2.94. The second-order valence-corrected chi connectivity index (χ2v) is 12.8. The van der Waals surface area contributed by atoms with Crippen LogP contribution in [0.4, 0.5) is 0 Å². The molecule has 2 fully saturated rings. The fourth-order valence-corrected chi connectivity index (χ4v) is 7.89. The molecule has 176 valence electrons. The first-order valence-corrected chi connectivity index (χ1v) is 14.3. The van der Waals surface area contributed by atoms with Crippen LogP contribution < -0.4 is 5.32 Å². The van der Waals surface area contributed by atoms with Gasteiger partial charge in [-0.3, -0.25) is 4.79 Å². The van der Waals surface area contributed by atoms with Crippen LogP contribution in [0, 0.1) is 12.8 Å². The van der Waals surface area contributed by atoms with Gasteiger partial charge < -0.3 is 9.84 Å². The van der Waals surface area contributed by atoms with Gasteiger partial charge in [0.1, 0.15) is 0 Å². The lowest BCUT2D eigenvalue weighted by Gasteiger charge is -2.31. The van der Waals surface area contributed by atoms with Gasteiger partial charge in [-0.05, 0) is 50.1 Å². The molecule has 8 nitrogen and oxygen atoms in total. The topological polar surface area (TPSA) is 105 Å². The molecule has 0 unspecified atom stereocenters. The Kier molecular flexibility index (Phi) is 6.39. The average molecular weight is 507 g/mol. The van der Waals surface area contributed by atoms with Gasteiger partial charge in [-0.25, -0.2) is 8.42 Å². The zero-order valence-corrected chi connectivity index (χ0v) is 20.8. The smallest absolute Gasteiger partial charge is 0.244 e. The number of nitrogens with zero attached hydrogens (tertiary/aromatic N) is 3. The Labute approximate surface area is 201 Å². The fourth-order valence-electron chi connectivity index (χ4n) is 4.23. The van der Waals surface area contributed by atoms with Crippen molar-refractivity contribution in [2.24, 2.45) is 5.92 Å². The summed E-state index contributed by atoms with van der Waals surface area (Å²) in [7, 11) is -3.73. The highest BCUT2D eigenvalue weighted by molar-refractivity contribution is 7.89. The number of sulfonamides is 1. The minimum absolute atomic E-state index is 0.0960. The van der Waals surface area contributed by atoms with Crippen LogP contribution in [-0.4, -0.2) is 41.9 Å².